The van der Waals surface area contributed by atoms with E-state index >= 15 is 0 Å². The van der Waals surface area contributed by atoms with Gasteiger partial charge in [0.15, 0.2) is 17.5 Å². The van der Waals surface area contributed by atoms with Gasteiger partial charge in [-0.2, -0.15) is 0 Å². The van der Waals surface area contributed by atoms with Crippen LogP contribution in [-0.2, 0) is 0 Å². The molecular formula is C25H35F3. The van der Waals surface area contributed by atoms with Crippen molar-refractivity contribution in [3.05, 3.63) is 35.1 Å². The minimum absolute atomic E-state index is 0.187. The van der Waals surface area contributed by atoms with Crippen molar-refractivity contribution >= 4 is 0 Å². The van der Waals surface area contributed by atoms with Gasteiger partial charge < -0.3 is 0 Å². The number of benzene rings is 1. The van der Waals surface area contributed by atoms with Crippen LogP contribution >= 0.6 is 0 Å². The first-order valence-corrected chi connectivity index (χ1v) is 11.7. The summed E-state index contributed by atoms with van der Waals surface area (Å²) in [4.78, 5) is 0. The van der Waals surface area contributed by atoms with Gasteiger partial charge in [0.25, 0.3) is 0 Å². The molecule has 0 aromatic heterocycles. The molecule has 0 spiro atoms. The Bertz CT molecular complexity index is 639. The van der Waals surface area contributed by atoms with E-state index < -0.39 is 17.5 Å². The Morgan fingerprint density at radius 1 is 0.714 bits per heavy atom. The second-order valence-electron chi connectivity index (χ2n) is 9.97. The van der Waals surface area contributed by atoms with E-state index in [0.717, 1.165) is 42.9 Å². The van der Waals surface area contributed by atoms with E-state index in [2.05, 4.69) is 6.92 Å². The SMILES string of the molecule is CCCC1CCC(C2CCC3CC(c4cc(F)c(F)c(F)c4)CCC3C2)CC1. The van der Waals surface area contributed by atoms with Crippen molar-refractivity contribution in [1.29, 1.82) is 0 Å². The fourth-order valence-electron chi connectivity index (χ4n) is 6.82. The molecule has 3 saturated carbocycles. The minimum atomic E-state index is -1.34. The maximum Gasteiger partial charge on any atom is 0.194 e. The van der Waals surface area contributed by atoms with Crippen LogP contribution in [0.15, 0.2) is 12.1 Å². The summed E-state index contributed by atoms with van der Waals surface area (Å²) in [5, 5.41) is 0. The zero-order valence-electron chi connectivity index (χ0n) is 17.2. The fourth-order valence-corrected chi connectivity index (χ4v) is 6.82. The molecule has 0 nitrogen and oxygen atoms in total. The zero-order valence-corrected chi connectivity index (χ0v) is 17.2. The van der Waals surface area contributed by atoms with Crippen molar-refractivity contribution in [2.45, 2.75) is 89.9 Å². The maximum absolute atomic E-state index is 13.6. The van der Waals surface area contributed by atoms with Crippen molar-refractivity contribution in [2.24, 2.45) is 29.6 Å². The molecule has 3 heteroatoms. The number of hydrogen-bond donors (Lipinski definition) is 0. The monoisotopic (exact) mass is 392 g/mol. The van der Waals surface area contributed by atoms with E-state index in [1.807, 2.05) is 0 Å². The van der Waals surface area contributed by atoms with Gasteiger partial charge in [-0.3, -0.25) is 0 Å². The predicted octanol–water partition coefficient (Wildman–Crippen LogP) is 8.01. The Balaban J connectivity index is 1.33. The van der Waals surface area contributed by atoms with Crippen LogP contribution in [0.2, 0.25) is 0 Å². The van der Waals surface area contributed by atoms with Crippen molar-refractivity contribution < 1.29 is 13.2 Å². The first kappa shape index (κ1) is 20.3. The topological polar surface area (TPSA) is 0 Å². The third-order valence-corrected chi connectivity index (χ3v) is 8.39. The van der Waals surface area contributed by atoms with Crippen LogP contribution in [0.3, 0.4) is 0 Å². The van der Waals surface area contributed by atoms with Gasteiger partial charge in [0.1, 0.15) is 0 Å². The molecular weight excluding hydrogens is 357 g/mol. The molecule has 1 aromatic carbocycles. The molecule has 0 amide bonds. The van der Waals surface area contributed by atoms with E-state index in [1.165, 1.54) is 69.9 Å². The molecule has 3 aliphatic rings. The second kappa shape index (κ2) is 8.79. The summed E-state index contributed by atoms with van der Waals surface area (Å²) in [7, 11) is 0. The number of fused-ring (bicyclic) bond motifs is 1. The lowest BCUT2D eigenvalue weighted by Crippen LogP contribution is -2.34. The largest absolute Gasteiger partial charge is 0.204 e. The van der Waals surface area contributed by atoms with E-state index in [9.17, 15) is 13.2 Å². The van der Waals surface area contributed by atoms with E-state index in [4.69, 9.17) is 0 Å². The van der Waals surface area contributed by atoms with Crippen molar-refractivity contribution in [2.75, 3.05) is 0 Å². The second-order valence-corrected chi connectivity index (χ2v) is 9.97. The Morgan fingerprint density at radius 3 is 1.89 bits per heavy atom. The lowest BCUT2D eigenvalue weighted by Gasteiger charge is -2.45. The van der Waals surface area contributed by atoms with Crippen LogP contribution < -0.4 is 0 Å². The smallest absolute Gasteiger partial charge is 0.194 e. The van der Waals surface area contributed by atoms with Gasteiger partial charge >= 0.3 is 0 Å². The van der Waals surface area contributed by atoms with Gasteiger partial charge in [0, 0.05) is 0 Å². The standard InChI is InChI=1S/C25H35F3/c1-2-3-16-4-6-17(7-5-16)18-8-9-20-13-21(11-10-19(20)12-18)22-14-23(26)25(28)24(27)15-22/h14-21H,2-13H2,1H3. The third kappa shape index (κ3) is 4.28. The van der Waals surface area contributed by atoms with Crippen molar-refractivity contribution in [3.8, 4) is 0 Å². The summed E-state index contributed by atoms with van der Waals surface area (Å²) in [6.45, 7) is 2.30. The Morgan fingerprint density at radius 2 is 1.25 bits per heavy atom. The van der Waals surface area contributed by atoms with Crippen LogP contribution in [0.4, 0.5) is 13.2 Å². The maximum atomic E-state index is 13.6. The summed E-state index contributed by atoms with van der Waals surface area (Å²) in [6, 6.07) is 2.45. The number of rotatable bonds is 4. The Kier molecular flexibility index (Phi) is 6.37. The summed E-state index contributed by atoms with van der Waals surface area (Å²) < 4.78 is 40.6. The first-order chi connectivity index (χ1) is 13.5. The summed E-state index contributed by atoms with van der Waals surface area (Å²) in [6.07, 6.45) is 15.6. The predicted molar refractivity (Wildman–Crippen MR) is 108 cm³/mol. The molecule has 0 heterocycles. The first-order valence-electron chi connectivity index (χ1n) is 11.7. The highest BCUT2D eigenvalue weighted by molar-refractivity contribution is 5.24. The Labute approximate surface area is 168 Å². The summed E-state index contributed by atoms with van der Waals surface area (Å²) in [5.74, 6) is 1.05. The molecule has 4 atom stereocenters. The molecule has 0 aliphatic heterocycles. The van der Waals surface area contributed by atoms with Crippen LogP contribution in [0.1, 0.15) is 95.5 Å². The van der Waals surface area contributed by atoms with Crippen LogP contribution in [0, 0.1) is 47.0 Å². The molecule has 4 unspecified atom stereocenters. The molecule has 3 fully saturated rings. The highest BCUT2D eigenvalue weighted by Gasteiger charge is 2.39. The van der Waals surface area contributed by atoms with E-state index in [1.54, 1.807) is 0 Å². The minimum Gasteiger partial charge on any atom is -0.204 e. The molecule has 4 rings (SSSR count). The lowest BCUT2D eigenvalue weighted by molar-refractivity contribution is 0.0711. The molecule has 0 bridgehead atoms. The average molecular weight is 393 g/mol. The molecule has 1 aromatic rings. The number of halogens is 3. The van der Waals surface area contributed by atoms with Gasteiger partial charge in [-0.1, -0.05) is 32.6 Å². The Hall–Kier alpha value is -0.990. The van der Waals surface area contributed by atoms with Crippen LogP contribution in [0.5, 0.6) is 0 Å². The average Bonchev–Trinajstić information content (AvgIpc) is 2.71. The molecule has 0 N–H and O–H groups in total. The van der Waals surface area contributed by atoms with E-state index in [0.29, 0.717) is 11.5 Å². The lowest BCUT2D eigenvalue weighted by atomic mass is 9.60. The van der Waals surface area contributed by atoms with Gasteiger partial charge in [0.2, 0.25) is 0 Å². The highest BCUT2D eigenvalue weighted by Crippen LogP contribution is 2.51. The third-order valence-electron chi connectivity index (χ3n) is 8.39. The van der Waals surface area contributed by atoms with Crippen molar-refractivity contribution in [3.63, 3.8) is 0 Å². The zero-order chi connectivity index (χ0) is 19.7. The number of hydrogen-bond acceptors (Lipinski definition) is 0. The molecule has 156 valence electrons. The van der Waals surface area contributed by atoms with Gasteiger partial charge in [-0.05, 0) is 105 Å². The highest BCUT2D eigenvalue weighted by atomic mass is 19.2. The van der Waals surface area contributed by atoms with Crippen molar-refractivity contribution in [1.82, 2.24) is 0 Å². The molecule has 0 saturated heterocycles. The molecule has 28 heavy (non-hydrogen) atoms. The summed E-state index contributed by atoms with van der Waals surface area (Å²) in [5.41, 5.74) is 0.659. The quantitative estimate of drug-likeness (QED) is 0.455. The van der Waals surface area contributed by atoms with Crippen LogP contribution in [0.25, 0.3) is 0 Å². The van der Waals surface area contributed by atoms with E-state index in [-0.39, 0.29) is 5.92 Å². The van der Waals surface area contributed by atoms with Gasteiger partial charge in [-0.25, -0.2) is 13.2 Å². The fraction of sp³-hybridized carbons (Fsp3) is 0.760. The summed E-state index contributed by atoms with van der Waals surface area (Å²) >= 11 is 0. The normalized spacial score (nSPS) is 36.1. The van der Waals surface area contributed by atoms with Gasteiger partial charge in [0.05, 0.1) is 0 Å². The van der Waals surface area contributed by atoms with Gasteiger partial charge in [-0.15, -0.1) is 0 Å². The molecule has 3 aliphatic carbocycles. The van der Waals surface area contributed by atoms with Crippen LogP contribution in [-0.4, -0.2) is 0 Å². The molecule has 0 radical (unpaired) electrons.